The Hall–Kier alpha value is -3.60. The number of nitrogens with one attached hydrogen (secondary N) is 2. The molecule has 148 valence electrons. The van der Waals surface area contributed by atoms with Crippen LogP contribution in [0.2, 0.25) is 5.02 Å². The second-order valence-electron chi connectivity index (χ2n) is 5.94. The number of hydrogen-bond donors (Lipinski definition) is 3. The Labute approximate surface area is 165 Å². The normalized spacial score (nSPS) is 11.7. The van der Waals surface area contributed by atoms with Gasteiger partial charge < -0.3 is 11.1 Å². The summed E-state index contributed by atoms with van der Waals surface area (Å²) in [6.07, 6.45) is 0.729. The molecule has 0 aliphatic carbocycles. The van der Waals surface area contributed by atoms with Crippen LogP contribution in [-0.2, 0) is 6.18 Å². The molecule has 0 aliphatic rings. The van der Waals surface area contributed by atoms with Gasteiger partial charge in [0.05, 0.1) is 28.0 Å². The van der Waals surface area contributed by atoms with Gasteiger partial charge in [0.15, 0.2) is 17.2 Å². The highest BCUT2D eigenvalue weighted by molar-refractivity contribution is 6.34. The number of benzene rings is 1. The van der Waals surface area contributed by atoms with Gasteiger partial charge >= 0.3 is 6.18 Å². The van der Waals surface area contributed by atoms with Gasteiger partial charge in [-0.1, -0.05) is 11.6 Å². The topological polar surface area (TPSA) is 114 Å². The minimum atomic E-state index is -4.62. The van der Waals surface area contributed by atoms with Gasteiger partial charge in [-0.3, -0.25) is 14.3 Å². The zero-order valence-electron chi connectivity index (χ0n) is 14.3. The lowest BCUT2D eigenvalue weighted by Gasteiger charge is -2.09. The molecule has 8 nitrogen and oxygen atoms in total. The smallest absolute Gasteiger partial charge is 0.366 e. The van der Waals surface area contributed by atoms with Crippen LogP contribution in [0.15, 0.2) is 43.0 Å². The molecular weight excluding hydrogens is 411 g/mol. The van der Waals surface area contributed by atoms with Crippen molar-refractivity contribution in [2.45, 2.75) is 6.18 Å². The lowest BCUT2D eigenvalue weighted by atomic mass is 10.2. The molecule has 0 atom stereocenters. The van der Waals surface area contributed by atoms with Gasteiger partial charge in [0.25, 0.3) is 0 Å². The van der Waals surface area contributed by atoms with E-state index in [-0.39, 0.29) is 33.3 Å². The standard InChI is InChI=1S/C17H11ClF3N7O/c18-11-5-8(1-2-9(11)14(22)29)26-15-16-24-7-12(28(16)4-3-23-15)10-6-25-27-13(10)17(19,20)21/h1-7H,(H2,22,29)(H,23,26)(H,25,27). The van der Waals surface area contributed by atoms with Crippen molar-refractivity contribution >= 4 is 34.7 Å². The molecule has 0 radical (unpaired) electrons. The molecule has 0 saturated heterocycles. The number of amides is 1. The van der Waals surface area contributed by atoms with E-state index >= 15 is 0 Å². The average Bonchev–Trinajstić information content (AvgIpc) is 3.28. The number of nitrogens with zero attached hydrogens (tertiary/aromatic N) is 4. The summed E-state index contributed by atoms with van der Waals surface area (Å²) in [6.45, 7) is 0. The summed E-state index contributed by atoms with van der Waals surface area (Å²) in [7, 11) is 0. The molecule has 0 bridgehead atoms. The molecule has 0 saturated carbocycles. The highest BCUT2D eigenvalue weighted by Gasteiger charge is 2.37. The number of aromatic nitrogens is 5. The Morgan fingerprint density at radius 3 is 2.76 bits per heavy atom. The van der Waals surface area contributed by atoms with Crippen LogP contribution in [0.5, 0.6) is 0 Å². The number of carbonyl (C=O) groups is 1. The Morgan fingerprint density at radius 1 is 1.28 bits per heavy atom. The van der Waals surface area contributed by atoms with Crippen LogP contribution in [0.25, 0.3) is 16.9 Å². The quantitative estimate of drug-likeness (QED) is 0.465. The van der Waals surface area contributed by atoms with Crippen LogP contribution >= 0.6 is 11.6 Å². The van der Waals surface area contributed by atoms with Crippen molar-refractivity contribution in [2.75, 3.05) is 5.32 Å². The number of alkyl halides is 3. The minimum absolute atomic E-state index is 0.143. The van der Waals surface area contributed by atoms with Crippen molar-refractivity contribution in [3.63, 3.8) is 0 Å². The third kappa shape index (κ3) is 3.36. The molecule has 3 heterocycles. The first kappa shape index (κ1) is 18.7. The number of carbonyl (C=O) groups excluding carboxylic acids is 1. The number of fused-ring (bicyclic) bond motifs is 1. The minimum Gasteiger partial charge on any atom is -0.366 e. The average molecular weight is 422 g/mol. The molecule has 12 heteroatoms. The first-order valence-electron chi connectivity index (χ1n) is 8.05. The molecule has 4 N–H and O–H groups in total. The van der Waals surface area contributed by atoms with Crippen molar-refractivity contribution in [1.82, 2.24) is 24.6 Å². The van der Waals surface area contributed by atoms with E-state index in [1.54, 1.807) is 6.07 Å². The van der Waals surface area contributed by atoms with Crippen molar-refractivity contribution < 1.29 is 18.0 Å². The molecule has 0 fully saturated rings. The Morgan fingerprint density at radius 2 is 2.07 bits per heavy atom. The van der Waals surface area contributed by atoms with E-state index in [1.807, 2.05) is 0 Å². The summed E-state index contributed by atoms with van der Waals surface area (Å²) < 4.78 is 41.0. The molecule has 3 aromatic heterocycles. The summed E-state index contributed by atoms with van der Waals surface area (Å²) >= 11 is 6.04. The van der Waals surface area contributed by atoms with E-state index in [0.29, 0.717) is 5.69 Å². The fourth-order valence-electron chi connectivity index (χ4n) is 2.84. The molecular formula is C17H11ClF3N7O. The summed E-state index contributed by atoms with van der Waals surface area (Å²) in [5.74, 6) is -0.390. The van der Waals surface area contributed by atoms with Crippen molar-refractivity contribution in [3.8, 4) is 11.3 Å². The molecule has 1 aromatic carbocycles. The maximum Gasteiger partial charge on any atom is 0.435 e. The SMILES string of the molecule is NC(=O)c1ccc(Nc2nccn3c(-c4c[nH]nc4C(F)(F)F)cnc23)cc1Cl. The van der Waals surface area contributed by atoms with E-state index in [9.17, 15) is 18.0 Å². The van der Waals surface area contributed by atoms with Gasteiger partial charge in [-0.15, -0.1) is 0 Å². The maximum atomic E-state index is 13.2. The van der Waals surface area contributed by atoms with Gasteiger partial charge in [-0.05, 0) is 18.2 Å². The van der Waals surface area contributed by atoms with Crippen LogP contribution < -0.4 is 11.1 Å². The van der Waals surface area contributed by atoms with Crippen LogP contribution in [0.1, 0.15) is 16.1 Å². The van der Waals surface area contributed by atoms with Gasteiger partial charge in [0, 0.05) is 24.3 Å². The largest absolute Gasteiger partial charge is 0.435 e. The fourth-order valence-corrected chi connectivity index (χ4v) is 3.11. The van der Waals surface area contributed by atoms with Crippen molar-refractivity contribution in [3.05, 3.63) is 59.3 Å². The first-order chi connectivity index (χ1) is 13.8. The molecule has 4 aromatic rings. The van der Waals surface area contributed by atoms with Crippen molar-refractivity contribution in [2.24, 2.45) is 5.73 Å². The van der Waals surface area contributed by atoms with E-state index < -0.39 is 17.8 Å². The fraction of sp³-hybridized carbons (Fsp3) is 0.0588. The monoisotopic (exact) mass is 421 g/mol. The molecule has 0 spiro atoms. The molecule has 4 rings (SSSR count). The number of primary amides is 1. The van der Waals surface area contributed by atoms with E-state index in [1.165, 1.54) is 35.1 Å². The number of anilines is 2. The van der Waals surface area contributed by atoms with Crippen LogP contribution in [0.3, 0.4) is 0 Å². The zero-order valence-corrected chi connectivity index (χ0v) is 15.1. The highest BCUT2D eigenvalue weighted by Crippen LogP contribution is 2.36. The predicted octanol–water partition coefficient (Wildman–Crippen LogP) is 3.63. The van der Waals surface area contributed by atoms with Gasteiger partial charge in [0.1, 0.15) is 0 Å². The van der Waals surface area contributed by atoms with Crippen LogP contribution in [-0.4, -0.2) is 30.5 Å². The summed E-state index contributed by atoms with van der Waals surface area (Å²) in [6, 6.07) is 4.50. The predicted molar refractivity (Wildman–Crippen MR) is 98.8 cm³/mol. The van der Waals surface area contributed by atoms with Gasteiger partial charge in [-0.25, -0.2) is 9.97 Å². The lowest BCUT2D eigenvalue weighted by molar-refractivity contribution is -0.140. The number of hydrogen-bond acceptors (Lipinski definition) is 5. The number of H-pyrrole nitrogens is 1. The Bertz CT molecular complexity index is 1230. The van der Waals surface area contributed by atoms with Crippen LogP contribution in [0, 0.1) is 0 Å². The summed E-state index contributed by atoms with van der Waals surface area (Å²) in [5.41, 5.74) is 5.16. The molecule has 1 amide bonds. The van der Waals surface area contributed by atoms with Crippen molar-refractivity contribution in [1.29, 1.82) is 0 Å². The number of nitrogens with two attached hydrogens (primary N) is 1. The Kier molecular flexibility index (Phi) is 4.38. The third-order valence-electron chi connectivity index (χ3n) is 4.11. The van der Waals surface area contributed by atoms with E-state index in [2.05, 4.69) is 25.5 Å². The van der Waals surface area contributed by atoms with Gasteiger partial charge in [0.2, 0.25) is 5.91 Å². The number of halogens is 4. The summed E-state index contributed by atoms with van der Waals surface area (Å²) in [4.78, 5) is 19.6. The third-order valence-corrected chi connectivity index (χ3v) is 4.42. The first-order valence-corrected chi connectivity index (χ1v) is 8.43. The van der Waals surface area contributed by atoms with E-state index in [0.717, 1.165) is 6.20 Å². The maximum absolute atomic E-state index is 13.2. The lowest BCUT2D eigenvalue weighted by Crippen LogP contribution is -2.11. The Balaban J connectivity index is 1.75. The zero-order chi connectivity index (χ0) is 20.8. The highest BCUT2D eigenvalue weighted by atomic mass is 35.5. The number of aromatic amines is 1. The molecule has 29 heavy (non-hydrogen) atoms. The van der Waals surface area contributed by atoms with Crippen LogP contribution in [0.4, 0.5) is 24.7 Å². The molecule has 0 unspecified atom stereocenters. The second-order valence-corrected chi connectivity index (χ2v) is 6.35. The summed E-state index contributed by atoms with van der Waals surface area (Å²) in [5, 5.41) is 8.66. The second kappa shape index (κ2) is 6.78. The number of imidazole rings is 1. The number of rotatable bonds is 4. The van der Waals surface area contributed by atoms with E-state index in [4.69, 9.17) is 17.3 Å². The molecule has 0 aliphatic heterocycles. The van der Waals surface area contributed by atoms with Gasteiger partial charge in [-0.2, -0.15) is 18.3 Å².